The predicted octanol–water partition coefficient (Wildman–Crippen LogP) is 3.20. The molecule has 0 aliphatic carbocycles. The third-order valence-corrected chi connectivity index (χ3v) is 10.5. The number of amidine groups is 1. The van der Waals surface area contributed by atoms with Crippen molar-refractivity contribution in [3.8, 4) is 0 Å². The summed E-state index contributed by atoms with van der Waals surface area (Å²) in [5.74, 6) is 1.98. The zero-order valence-corrected chi connectivity index (χ0v) is 25.0. The van der Waals surface area contributed by atoms with Gasteiger partial charge >= 0.3 is 6.03 Å². The standard InChI is InChI=1S/C27H41N5O5S2/c1-5-15-38(35)16-8-6-7-9-24-29-25(33)27(30-24)11-13-32(14-12-27)39(36,37)17-10-23-20(2)18-22(19-21(23)3)31(4)26(28)34/h10,17-19H,5-9,11-16H2,1-4H3,(H2,28,34)(H,29,30,33)/b17-10+. The van der Waals surface area contributed by atoms with Crippen molar-refractivity contribution in [2.75, 3.05) is 36.5 Å². The number of hydrogen-bond acceptors (Lipinski definition) is 6. The lowest BCUT2D eigenvalue weighted by Gasteiger charge is -2.34. The average Bonchev–Trinajstić information content (AvgIpc) is 3.17. The molecule has 0 bridgehead atoms. The molecular weight excluding hydrogens is 538 g/mol. The highest BCUT2D eigenvalue weighted by Crippen LogP contribution is 2.32. The first-order chi connectivity index (χ1) is 18.4. The number of benzene rings is 1. The van der Waals surface area contributed by atoms with Gasteiger partial charge in [0.25, 0.3) is 5.91 Å². The maximum absolute atomic E-state index is 13.1. The fraction of sp³-hybridized carbons (Fsp3) is 0.593. The van der Waals surface area contributed by atoms with Gasteiger partial charge in [-0.3, -0.25) is 18.9 Å². The molecule has 12 heteroatoms. The number of primary amides is 1. The van der Waals surface area contributed by atoms with Gasteiger partial charge in [0, 0.05) is 60.0 Å². The van der Waals surface area contributed by atoms with Gasteiger partial charge in [-0.1, -0.05) is 13.3 Å². The summed E-state index contributed by atoms with van der Waals surface area (Å²) < 4.78 is 39.4. The Balaban J connectivity index is 1.58. The molecule has 1 aromatic carbocycles. The van der Waals surface area contributed by atoms with Crippen molar-refractivity contribution in [3.05, 3.63) is 34.2 Å². The van der Waals surface area contributed by atoms with E-state index < -0.39 is 32.4 Å². The summed E-state index contributed by atoms with van der Waals surface area (Å²) in [5, 5.41) is 4.11. The van der Waals surface area contributed by atoms with Gasteiger partial charge in [-0.25, -0.2) is 13.2 Å². The largest absolute Gasteiger partial charge is 0.351 e. The summed E-state index contributed by atoms with van der Waals surface area (Å²) in [6.45, 7) is 6.15. The number of nitrogens with zero attached hydrogens (tertiary/aromatic N) is 3. The van der Waals surface area contributed by atoms with Crippen LogP contribution in [0.5, 0.6) is 0 Å². The summed E-state index contributed by atoms with van der Waals surface area (Å²) in [5.41, 5.74) is 7.50. The van der Waals surface area contributed by atoms with E-state index in [9.17, 15) is 22.2 Å². The van der Waals surface area contributed by atoms with Crippen molar-refractivity contribution >= 4 is 50.4 Å². The van der Waals surface area contributed by atoms with Crippen LogP contribution in [0.25, 0.3) is 6.08 Å². The lowest BCUT2D eigenvalue weighted by Crippen LogP contribution is -2.50. The molecule has 0 saturated carbocycles. The molecule has 1 fully saturated rings. The van der Waals surface area contributed by atoms with Crippen molar-refractivity contribution in [1.29, 1.82) is 0 Å². The maximum atomic E-state index is 13.1. The Bertz CT molecular complexity index is 1240. The second-order valence-electron chi connectivity index (χ2n) is 10.3. The van der Waals surface area contributed by atoms with E-state index in [4.69, 9.17) is 10.7 Å². The Labute approximate surface area is 234 Å². The third kappa shape index (κ3) is 7.76. The highest BCUT2D eigenvalue weighted by Gasteiger charge is 2.46. The van der Waals surface area contributed by atoms with Crippen LogP contribution < -0.4 is 16.0 Å². The second-order valence-corrected chi connectivity index (χ2v) is 13.9. The number of nitrogens with one attached hydrogen (secondary N) is 1. The number of piperidine rings is 1. The minimum Gasteiger partial charge on any atom is -0.351 e. The van der Waals surface area contributed by atoms with E-state index in [1.165, 1.54) is 14.6 Å². The first-order valence-electron chi connectivity index (χ1n) is 13.5. The van der Waals surface area contributed by atoms with E-state index >= 15 is 0 Å². The van der Waals surface area contributed by atoms with Gasteiger partial charge in [-0.15, -0.1) is 0 Å². The predicted molar refractivity (Wildman–Crippen MR) is 158 cm³/mol. The Hall–Kier alpha value is -2.57. The molecule has 2 heterocycles. The molecule has 1 aromatic rings. The Kier molecular flexibility index (Phi) is 10.5. The number of anilines is 1. The lowest BCUT2D eigenvalue weighted by molar-refractivity contribution is -0.124. The van der Waals surface area contributed by atoms with Crippen molar-refractivity contribution in [3.63, 3.8) is 0 Å². The summed E-state index contributed by atoms with van der Waals surface area (Å²) >= 11 is 0. The zero-order chi connectivity index (χ0) is 28.8. The number of nitrogens with two attached hydrogens (primary N) is 1. The van der Waals surface area contributed by atoms with Gasteiger partial charge in [-0.05, 0) is 80.9 Å². The normalized spacial score (nSPS) is 18.4. The number of unbranched alkanes of at least 4 members (excludes halogenated alkanes) is 2. The van der Waals surface area contributed by atoms with Crippen molar-refractivity contribution < 1.29 is 22.2 Å². The number of amides is 3. The molecule has 216 valence electrons. The van der Waals surface area contributed by atoms with Crippen molar-refractivity contribution in [2.45, 2.75) is 71.3 Å². The lowest BCUT2D eigenvalue weighted by atomic mass is 9.89. The highest BCUT2D eigenvalue weighted by atomic mass is 32.2. The Morgan fingerprint density at radius 1 is 1.18 bits per heavy atom. The number of carbonyl (C=O) groups is 2. The first-order valence-corrected chi connectivity index (χ1v) is 16.5. The van der Waals surface area contributed by atoms with Crippen LogP contribution in [0.4, 0.5) is 10.5 Å². The van der Waals surface area contributed by atoms with Crippen LogP contribution in [-0.4, -0.2) is 71.9 Å². The minimum atomic E-state index is -3.70. The van der Waals surface area contributed by atoms with Gasteiger partial charge in [0.15, 0.2) is 0 Å². The second kappa shape index (κ2) is 13.2. The van der Waals surface area contributed by atoms with Crippen molar-refractivity contribution in [2.24, 2.45) is 10.7 Å². The minimum absolute atomic E-state index is 0.151. The van der Waals surface area contributed by atoms with Crippen LogP contribution in [0.15, 0.2) is 22.5 Å². The molecular formula is C27H41N5O5S2. The smallest absolute Gasteiger partial charge is 0.318 e. The van der Waals surface area contributed by atoms with Crippen LogP contribution in [0.1, 0.15) is 68.6 Å². The van der Waals surface area contributed by atoms with E-state index in [0.29, 0.717) is 36.5 Å². The molecule has 2 aliphatic rings. The molecule has 1 saturated heterocycles. The van der Waals surface area contributed by atoms with Crippen molar-refractivity contribution in [1.82, 2.24) is 9.62 Å². The van der Waals surface area contributed by atoms with Crippen LogP contribution >= 0.6 is 0 Å². The topological polar surface area (TPSA) is 142 Å². The molecule has 10 nitrogen and oxygen atoms in total. The number of urea groups is 1. The van der Waals surface area contributed by atoms with Crippen LogP contribution in [0, 0.1) is 13.8 Å². The molecule has 3 rings (SSSR count). The summed E-state index contributed by atoms with van der Waals surface area (Å²) in [7, 11) is -2.87. The molecule has 1 spiro atoms. The molecule has 0 radical (unpaired) electrons. The zero-order valence-electron chi connectivity index (χ0n) is 23.4. The van der Waals surface area contributed by atoms with E-state index in [1.54, 1.807) is 25.3 Å². The van der Waals surface area contributed by atoms with Gasteiger partial charge in [0.2, 0.25) is 10.0 Å². The number of sulfonamides is 1. The molecule has 3 amide bonds. The number of hydrogen-bond donors (Lipinski definition) is 2. The summed E-state index contributed by atoms with van der Waals surface area (Å²) in [6, 6.07) is 3.00. The van der Waals surface area contributed by atoms with E-state index in [1.807, 2.05) is 20.8 Å². The Morgan fingerprint density at radius 2 is 1.82 bits per heavy atom. The van der Waals surface area contributed by atoms with E-state index in [-0.39, 0.29) is 19.0 Å². The molecule has 39 heavy (non-hydrogen) atoms. The van der Waals surface area contributed by atoms with Gasteiger partial charge in [0.05, 0.1) is 0 Å². The first kappa shape index (κ1) is 31.0. The third-order valence-electron chi connectivity index (χ3n) is 7.36. The van der Waals surface area contributed by atoms with E-state index in [2.05, 4.69) is 5.32 Å². The molecule has 1 atom stereocenters. The Morgan fingerprint density at radius 3 is 2.41 bits per heavy atom. The number of carbonyl (C=O) groups excluding carboxylic acids is 2. The number of aryl methyl sites for hydroxylation is 2. The molecule has 1 unspecified atom stereocenters. The van der Waals surface area contributed by atoms with Gasteiger partial charge in [-0.2, -0.15) is 4.31 Å². The quantitative estimate of drug-likeness (QED) is 0.366. The summed E-state index contributed by atoms with van der Waals surface area (Å²) in [4.78, 5) is 30.3. The van der Waals surface area contributed by atoms with Gasteiger partial charge < -0.3 is 11.1 Å². The monoisotopic (exact) mass is 579 g/mol. The average molecular weight is 580 g/mol. The van der Waals surface area contributed by atoms with Crippen LogP contribution in [-0.2, 0) is 25.6 Å². The molecule has 0 aromatic heterocycles. The fourth-order valence-electron chi connectivity index (χ4n) is 4.99. The van der Waals surface area contributed by atoms with Crippen LogP contribution in [0.2, 0.25) is 0 Å². The number of aliphatic imine (C=N–C) groups is 1. The van der Waals surface area contributed by atoms with Gasteiger partial charge in [0.1, 0.15) is 11.4 Å². The maximum Gasteiger partial charge on any atom is 0.318 e. The molecule has 2 aliphatic heterocycles. The fourth-order valence-corrected chi connectivity index (χ4v) is 7.35. The molecule has 3 N–H and O–H groups in total. The SMILES string of the molecule is CCCS(=O)CCCCCC1=NC2(CCN(S(=O)(=O)/C=C/c3c(C)cc(N(C)C(N)=O)cc3C)CC2)C(=O)N1. The van der Waals surface area contributed by atoms with Crippen LogP contribution in [0.3, 0.4) is 0 Å². The van der Waals surface area contributed by atoms with E-state index in [0.717, 1.165) is 48.1 Å². The number of rotatable bonds is 12. The highest BCUT2D eigenvalue weighted by molar-refractivity contribution is 7.92. The summed E-state index contributed by atoms with van der Waals surface area (Å²) in [6.07, 6.45) is 6.52.